The predicted molar refractivity (Wildman–Crippen MR) is 74.3 cm³/mol. The van der Waals surface area contributed by atoms with Crippen LogP contribution in [-0.4, -0.2) is 35.0 Å². The lowest BCUT2D eigenvalue weighted by molar-refractivity contribution is -0.148. The summed E-state index contributed by atoms with van der Waals surface area (Å²) in [5.74, 6) is -0.344. The third-order valence-corrected chi connectivity index (χ3v) is 4.59. The van der Waals surface area contributed by atoms with E-state index in [-0.39, 0.29) is 11.8 Å². The summed E-state index contributed by atoms with van der Waals surface area (Å²) < 4.78 is 0. The number of carbonyl (C=O) groups is 2. The Bertz CT molecular complexity index is 514. The minimum absolute atomic E-state index is 0.212. The van der Waals surface area contributed by atoms with Crippen LogP contribution < -0.4 is 0 Å². The molecule has 0 radical (unpaired) electrons. The zero-order chi connectivity index (χ0) is 14.2. The van der Waals surface area contributed by atoms with Crippen molar-refractivity contribution in [1.29, 1.82) is 0 Å². The summed E-state index contributed by atoms with van der Waals surface area (Å²) in [6.45, 7) is 1.10. The summed E-state index contributed by atoms with van der Waals surface area (Å²) in [6, 6.07) is 9.41. The smallest absolute Gasteiger partial charge is 0.314 e. The highest BCUT2D eigenvalue weighted by Crippen LogP contribution is 2.38. The number of rotatable bonds is 3. The van der Waals surface area contributed by atoms with Crippen LogP contribution in [0.3, 0.4) is 0 Å². The summed E-state index contributed by atoms with van der Waals surface area (Å²) in [5, 5.41) is 9.69. The third-order valence-electron chi connectivity index (χ3n) is 4.59. The number of amides is 1. The fourth-order valence-corrected chi connectivity index (χ4v) is 3.08. The SMILES string of the molecule is O=C(C1CC1)N1CCC(C(=O)O)(c2ccccc2)CC1. The Labute approximate surface area is 118 Å². The van der Waals surface area contributed by atoms with E-state index in [0.29, 0.717) is 25.9 Å². The maximum absolute atomic E-state index is 12.1. The molecule has 1 aliphatic carbocycles. The van der Waals surface area contributed by atoms with E-state index in [1.165, 1.54) is 0 Å². The van der Waals surface area contributed by atoms with E-state index in [4.69, 9.17) is 0 Å². The molecule has 3 rings (SSSR count). The second-order valence-corrected chi connectivity index (χ2v) is 5.85. The van der Waals surface area contributed by atoms with Crippen LogP contribution in [0.4, 0.5) is 0 Å². The van der Waals surface area contributed by atoms with Crippen LogP contribution in [0.15, 0.2) is 30.3 Å². The molecule has 1 N–H and O–H groups in total. The van der Waals surface area contributed by atoms with Gasteiger partial charge in [0.1, 0.15) is 0 Å². The third kappa shape index (κ3) is 2.19. The van der Waals surface area contributed by atoms with Gasteiger partial charge in [-0.25, -0.2) is 0 Å². The van der Waals surface area contributed by atoms with Gasteiger partial charge in [0.25, 0.3) is 0 Å². The quantitative estimate of drug-likeness (QED) is 0.917. The van der Waals surface area contributed by atoms with Gasteiger partial charge in [-0.2, -0.15) is 0 Å². The maximum Gasteiger partial charge on any atom is 0.314 e. The lowest BCUT2D eigenvalue weighted by Crippen LogP contribution is -2.49. The zero-order valence-corrected chi connectivity index (χ0v) is 11.4. The molecule has 1 saturated heterocycles. The molecule has 1 aliphatic heterocycles. The number of benzene rings is 1. The average molecular weight is 273 g/mol. The number of hydrogen-bond acceptors (Lipinski definition) is 2. The molecule has 1 aromatic rings. The van der Waals surface area contributed by atoms with Crippen LogP contribution >= 0.6 is 0 Å². The molecule has 4 nitrogen and oxygen atoms in total. The molecule has 0 atom stereocenters. The largest absolute Gasteiger partial charge is 0.481 e. The molecule has 2 aliphatic rings. The molecule has 106 valence electrons. The minimum atomic E-state index is -0.832. The standard InChI is InChI=1S/C16H19NO3/c18-14(12-6-7-12)17-10-8-16(9-11-17,15(19)20)13-4-2-1-3-5-13/h1-5,12H,6-11H2,(H,19,20). The van der Waals surface area contributed by atoms with Crippen LogP contribution in [0.1, 0.15) is 31.2 Å². The Morgan fingerprint density at radius 2 is 1.70 bits per heavy atom. The average Bonchev–Trinajstić information content (AvgIpc) is 3.32. The molecular formula is C16H19NO3. The van der Waals surface area contributed by atoms with Crippen molar-refractivity contribution in [2.24, 2.45) is 5.92 Å². The summed E-state index contributed by atoms with van der Waals surface area (Å²) in [4.78, 5) is 25.7. The van der Waals surface area contributed by atoms with E-state index >= 15 is 0 Å². The molecule has 0 bridgehead atoms. The first kappa shape index (κ1) is 13.2. The summed E-state index contributed by atoms with van der Waals surface area (Å²) in [5.41, 5.74) is 0.0210. The number of likely N-dealkylation sites (tertiary alicyclic amines) is 1. The van der Waals surface area contributed by atoms with Crippen molar-refractivity contribution in [2.45, 2.75) is 31.1 Å². The first-order valence-electron chi connectivity index (χ1n) is 7.21. The first-order chi connectivity index (χ1) is 9.63. The number of carboxylic acid groups (broad SMARTS) is 1. The van der Waals surface area contributed by atoms with Crippen LogP contribution in [0.2, 0.25) is 0 Å². The van der Waals surface area contributed by atoms with Crippen molar-refractivity contribution in [1.82, 2.24) is 4.90 Å². The normalized spacial score (nSPS) is 21.5. The van der Waals surface area contributed by atoms with E-state index in [1.54, 1.807) is 0 Å². The molecule has 1 saturated carbocycles. The van der Waals surface area contributed by atoms with Crippen molar-refractivity contribution < 1.29 is 14.7 Å². The van der Waals surface area contributed by atoms with Crippen LogP contribution in [0.25, 0.3) is 0 Å². The number of aliphatic carboxylic acids is 1. The molecule has 0 aromatic heterocycles. The van der Waals surface area contributed by atoms with E-state index in [0.717, 1.165) is 18.4 Å². The van der Waals surface area contributed by atoms with Gasteiger partial charge in [0, 0.05) is 19.0 Å². The van der Waals surface area contributed by atoms with Gasteiger partial charge in [-0.15, -0.1) is 0 Å². The van der Waals surface area contributed by atoms with Gasteiger partial charge in [0.2, 0.25) is 5.91 Å². The van der Waals surface area contributed by atoms with E-state index in [1.807, 2.05) is 35.2 Å². The predicted octanol–water partition coefficient (Wildman–Crippen LogP) is 2.04. The second kappa shape index (κ2) is 4.93. The molecular weight excluding hydrogens is 254 g/mol. The van der Waals surface area contributed by atoms with Gasteiger partial charge in [-0.1, -0.05) is 30.3 Å². The highest BCUT2D eigenvalue weighted by molar-refractivity contribution is 5.84. The van der Waals surface area contributed by atoms with E-state index in [9.17, 15) is 14.7 Å². The summed E-state index contributed by atoms with van der Waals surface area (Å²) in [6.07, 6.45) is 3.01. The monoisotopic (exact) mass is 273 g/mol. The topological polar surface area (TPSA) is 57.6 Å². The lowest BCUT2D eigenvalue weighted by Gasteiger charge is -2.39. The fraction of sp³-hybridized carbons (Fsp3) is 0.500. The van der Waals surface area contributed by atoms with Gasteiger partial charge in [-0.3, -0.25) is 9.59 Å². The molecule has 20 heavy (non-hydrogen) atoms. The van der Waals surface area contributed by atoms with E-state index < -0.39 is 11.4 Å². The molecule has 0 spiro atoms. The summed E-state index contributed by atoms with van der Waals surface area (Å²) >= 11 is 0. The fourth-order valence-electron chi connectivity index (χ4n) is 3.08. The maximum atomic E-state index is 12.1. The molecule has 1 amide bonds. The van der Waals surface area contributed by atoms with Crippen molar-refractivity contribution in [2.75, 3.05) is 13.1 Å². The lowest BCUT2D eigenvalue weighted by atomic mass is 9.73. The van der Waals surface area contributed by atoms with Crippen molar-refractivity contribution in [3.05, 3.63) is 35.9 Å². The zero-order valence-electron chi connectivity index (χ0n) is 11.4. The Hall–Kier alpha value is -1.84. The van der Waals surface area contributed by atoms with Crippen molar-refractivity contribution in [3.63, 3.8) is 0 Å². The molecule has 1 heterocycles. The van der Waals surface area contributed by atoms with Crippen molar-refractivity contribution >= 4 is 11.9 Å². The molecule has 4 heteroatoms. The van der Waals surface area contributed by atoms with Gasteiger partial charge in [-0.05, 0) is 31.2 Å². The van der Waals surface area contributed by atoms with Gasteiger partial charge >= 0.3 is 5.97 Å². The van der Waals surface area contributed by atoms with Gasteiger partial charge < -0.3 is 10.0 Å². The number of piperidine rings is 1. The van der Waals surface area contributed by atoms with Crippen LogP contribution in [0.5, 0.6) is 0 Å². The minimum Gasteiger partial charge on any atom is -0.481 e. The second-order valence-electron chi connectivity index (χ2n) is 5.85. The van der Waals surface area contributed by atoms with Crippen LogP contribution in [-0.2, 0) is 15.0 Å². The van der Waals surface area contributed by atoms with Gasteiger partial charge in [0.15, 0.2) is 0 Å². The molecule has 1 aromatic carbocycles. The first-order valence-corrected chi connectivity index (χ1v) is 7.21. The highest BCUT2D eigenvalue weighted by atomic mass is 16.4. The Kier molecular flexibility index (Phi) is 3.24. The number of carbonyl (C=O) groups excluding carboxylic acids is 1. The van der Waals surface area contributed by atoms with E-state index in [2.05, 4.69) is 0 Å². The molecule has 0 unspecified atom stereocenters. The number of nitrogens with zero attached hydrogens (tertiary/aromatic N) is 1. The summed E-state index contributed by atoms with van der Waals surface area (Å²) in [7, 11) is 0. The molecule has 2 fully saturated rings. The Balaban J connectivity index is 1.78. The van der Waals surface area contributed by atoms with Crippen molar-refractivity contribution in [3.8, 4) is 0 Å². The number of carboxylic acids is 1. The highest BCUT2D eigenvalue weighted by Gasteiger charge is 2.45. The Morgan fingerprint density at radius 3 is 2.20 bits per heavy atom. The van der Waals surface area contributed by atoms with Gasteiger partial charge in [0.05, 0.1) is 5.41 Å². The number of hydrogen-bond donors (Lipinski definition) is 1. The van der Waals surface area contributed by atoms with Crippen LogP contribution in [0, 0.1) is 5.92 Å². The Morgan fingerprint density at radius 1 is 1.10 bits per heavy atom.